The molecular formula is C12H19N5O. The molecule has 18 heavy (non-hydrogen) atoms. The Hall–Kier alpha value is -1.69. The number of tetrazole rings is 1. The fraction of sp³-hybridized carbons (Fsp3) is 0.583. The van der Waals surface area contributed by atoms with Gasteiger partial charge in [-0.1, -0.05) is 0 Å². The number of hydrogen-bond donors (Lipinski definition) is 1. The van der Waals surface area contributed by atoms with E-state index in [0.29, 0.717) is 6.54 Å². The summed E-state index contributed by atoms with van der Waals surface area (Å²) in [4.78, 5) is 0. The van der Waals surface area contributed by atoms with Gasteiger partial charge in [-0.3, -0.25) is 0 Å². The highest BCUT2D eigenvalue weighted by Gasteiger charge is 2.13. The van der Waals surface area contributed by atoms with Crippen molar-refractivity contribution in [2.24, 2.45) is 0 Å². The predicted molar refractivity (Wildman–Crippen MR) is 66.9 cm³/mol. The smallest absolute Gasteiger partial charge is 0.165 e. The van der Waals surface area contributed by atoms with Gasteiger partial charge in [0.15, 0.2) is 5.82 Å². The van der Waals surface area contributed by atoms with Crippen LogP contribution in [0.15, 0.2) is 16.5 Å². The standard InChI is InChI=1S/C12H19N5O/c1-8(2)17-12(14-15-16-17)7-13-10(4)11-6-5-9(3)18-11/h5-6,8,10,13H,7H2,1-4H3/t10-/m1/s1. The van der Waals surface area contributed by atoms with Crippen molar-refractivity contribution in [1.29, 1.82) is 0 Å². The zero-order valence-electron chi connectivity index (χ0n) is 11.2. The van der Waals surface area contributed by atoms with Crippen LogP contribution in [0.2, 0.25) is 0 Å². The molecule has 0 aromatic carbocycles. The second-order valence-corrected chi connectivity index (χ2v) is 4.68. The summed E-state index contributed by atoms with van der Waals surface area (Å²) in [5.74, 6) is 2.68. The predicted octanol–water partition coefficient (Wildman–Crippen LogP) is 2.01. The summed E-state index contributed by atoms with van der Waals surface area (Å²) in [5.41, 5.74) is 0. The van der Waals surface area contributed by atoms with Gasteiger partial charge in [0, 0.05) is 0 Å². The Morgan fingerprint density at radius 2 is 2.11 bits per heavy atom. The molecule has 2 rings (SSSR count). The summed E-state index contributed by atoms with van der Waals surface area (Å²) in [6, 6.07) is 4.35. The number of nitrogens with zero attached hydrogens (tertiary/aromatic N) is 4. The molecule has 2 aromatic rings. The third kappa shape index (κ3) is 2.76. The van der Waals surface area contributed by atoms with Crippen LogP contribution in [-0.4, -0.2) is 20.2 Å². The van der Waals surface area contributed by atoms with Crippen LogP contribution in [0.5, 0.6) is 0 Å². The maximum absolute atomic E-state index is 5.57. The van der Waals surface area contributed by atoms with E-state index in [1.165, 1.54) is 0 Å². The van der Waals surface area contributed by atoms with Crippen LogP contribution >= 0.6 is 0 Å². The number of furan rings is 1. The van der Waals surface area contributed by atoms with Crippen molar-refractivity contribution in [2.75, 3.05) is 0 Å². The van der Waals surface area contributed by atoms with Gasteiger partial charge in [-0.25, -0.2) is 4.68 Å². The fourth-order valence-corrected chi connectivity index (χ4v) is 1.76. The molecule has 0 bridgehead atoms. The molecule has 0 radical (unpaired) electrons. The van der Waals surface area contributed by atoms with Gasteiger partial charge in [0.1, 0.15) is 11.5 Å². The quantitative estimate of drug-likeness (QED) is 0.877. The van der Waals surface area contributed by atoms with Gasteiger partial charge in [-0.2, -0.15) is 0 Å². The largest absolute Gasteiger partial charge is 0.465 e. The number of aryl methyl sites for hydroxylation is 1. The van der Waals surface area contributed by atoms with Crippen molar-refractivity contribution in [3.05, 3.63) is 29.5 Å². The highest BCUT2D eigenvalue weighted by Crippen LogP contribution is 2.16. The van der Waals surface area contributed by atoms with Crippen LogP contribution < -0.4 is 5.32 Å². The highest BCUT2D eigenvalue weighted by molar-refractivity contribution is 5.08. The van der Waals surface area contributed by atoms with Gasteiger partial charge >= 0.3 is 0 Å². The van der Waals surface area contributed by atoms with Crippen molar-refractivity contribution in [2.45, 2.75) is 46.3 Å². The molecule has 0 aliphatic carbocycles. The van der Waals surface area contributed by atoms with Gasteiger partial charge in [0.05, 0.1) is 18.6 Å². The zero-order valence-corrected chi connectivity index (χ0v) is 11.2. The molecule has 2 heterocycles. The van der Waals surface area contributed by atoms with E-state index in [9.17, 15) is 0 Å². The monoisotopic (exact) mass is 249 g/mol. The number of nitrogens with one attached hydrogen (secondary N) is 1. The molecule has 0 saturated heterocycles. The third-order valence-corrected chi connectivity index (χ3v) is 2.80. The number of hydrogen-bond acceptors (Lipinski definition) is 5. The van der Waals surface area contributed by atoms with E-state index in [1.807, 2.05) is 23.7 Å². The van der Waals surface area contributed by atoms with E-state index >= 15 is 0 Å². The van der Waals surface area contributed by atoms with Crippen LogP contribution in [0.4, 0.5) is 0 Å². The molecule has 1 atom stereocenters. The van der Waals surface area contributed by atoms with Crippen molar-refractivity contribution in [1.82, 2.24) is 25.5 Å². The summed E-state index contributed by atoms with van der Waals surface area (Å²) in [6.45, 7) is 8.72. The molecule has 0 amide bonds. The fourth-order valence-electron chi connectivity index (χ4n) is 1.76. The highest BCUT2D eigenvalue weighted by atomic mass is 16.3. The molecule has 0 aliphatic heterocycles. The molecule has 1 N–H and O–H groups in total. The lowest BCUT2D eigenvalue weighted by atomic mass is 10.2. The van der Waals surface area contributed by atoms with Crippen molar-refractivity contribution < 1.29 is 4.42 Å². The molecule has 0 saturated carbocycles. The van der Waals surface area contributed by atoms with E-state index in [4.69, 9.17) is 4.42 Å². The first-order valence-corrected chi connectivity index (χ1v) is 6.14. The summed E-state index contributed by atoms with van der Waals surface area (Å²) in [6.07, 6.45) is 0. The maximum Gasteiger partial charge on any atom is 0.165 e. The Balaban J connectivity index is 1.97. The summed E-state index contributed by atoms with van der Waals surface area (Å²) >= 11 is 0. The minimum atomic E-state index is 0.135. The first kappa shape index (κ1) is 12.8. The lowest BCUT2D eigenvalue weighted by molar-refractivity contribution is 0.404. The summed E-state index contributed by atoms with van der Waals surface area (Å²) in [7, 11) is 0. The zero-order chi connectivity index (χ0) is 13.1. The summed E-state index contributed by atoms with van der Waals surface area (Å²) in [5, 5.41) is 15.0. The number of aromatic nitrogens is 4. The second kappa shape index (κ2) is 5.30. The Morgan fingerprint density at radius 1 is 1.33 bits per heavy atom. The Labute approximate surface area is 106 Å². The van der Waals surface area contributed by atoms with E-state index < -0.39 is 0 Å². The second-order valence-electron chi connectivity index (χ2n) is 4.68. The molecule has 2 aromatic heterocycles. The topological polar surface area (TPSA) is 68.8 Å². The van der Waals surface area contributed by atoms with Crippen LogP contribution in [-0.2, 0) is 6.54 Å². The molecule has 0 fully saturated rings. The van der Waals surface area contributed by atoms with Crippen LogP contribution in [0.3, 0.4) is 0 Å². The normalized spacial score (nSPS) is 13.2. The van der Waals surface area contributed by atoms with Crippen molar-refractivity contribution in [3.63, 3.8) is 0 Å². The van der Waals surface area contributed by atoms with Crippen LogP contribution in [0.1, 0.15) is 50.2 Å². The Kier molecular flexibility index (Phi) is 3.76. The van der Waals surface area contributed by atoms with Gasteiger partial charge in [-0.05, 0) is 50.3 Å². The molecule has 0 unspecified atom stereocenters. The minimum absolute atomic E-state index is 0.135. The van der Waals surface area contributed by atoms with E-state index in [2.05, 4.69) is 41.6 Å². The van der Waals surface area contributed by atoms with Gasteiger partial charge in [0.2, 0.25) is 0 Å². The lowest BCUT2D eigenvalue weighted by Gasteiger charge is -2.12. The van der Waals surface area contributed by atoms with Crippen LogP contribution in [0.25, 0.3) is 0 Å². The first-order chi connectivity index (χ1) is 8.58. The molecule has 6 heteroatoms. The number of rotatable bonds is 5. The minimum Gasteiger partial charge on any atom is -0.465 e. The SMILES string of the molecule is Cc1ccc([C@@H](C)NCc2nnnn2C(C)C)o1. The first-order valence-electron chi connectivity index (χ1n) is 6.14. The van der Waals surface area contributed by atoms with E-state index in [0.717, 1.165) is 17.3 Å². The van der Waals surface area contributed by atoms with E-state index in [1.54, 1.807) is 0 Å². The maximum atomic E-state index is 5.57. The van der Waals surface area contributed by atoms with Crippen molar-refractivity contribution in [3.8, 4) is 0 Å². The third-order valence-electron chi connectivity index (χ3n) is 2.80. The Morgan fingerprint density at radius 3 is 2.72 bits per heavy atom. The average molecular weight is 249 g/mol. The Bertz CT molecular complexity index is 502. The van der Waals surface area contributed by atoms with Crippen LogP contribution in [0, 0.1) is 6.92 Å². The summed E-state index contributed by atoms with van der Waals surface area (Å²) < 4.78 is 7.38. The molecule has 0 aliphatic rings. The molecule has 98 valence electrons. The van der Waals surface area contributed by atoms with Gasteiger partial charge in [-0.15, -0.1) is 5.10 Å². The van der Waals surface area contributed by atoms with Crippen molar-refractivity contribution >= 4 is 0 Å². The lowest BCUT2D eigenvalue weighted by Crippen LogP contribution is -2.21. The van der Waals surface area contributed by atoms with E-state index in [-0.39, 0.29) is 12.1 Å². The molecule has 6 nitrogen and oxygen atoms in total. The molecule has 0 spiro atoms. The molecular weight excluding hydrogens is 230 g/mol. The van der Waals surface area contributed by atoms with Gasteiger partial charge in [0.25, 0.3) is 0 Å². The van der Waals surface area contributed by atoms with Gasteiger partial charge < -0.3 is 9.73 Å². The average Bonchev–Trinajstić information content (AvgIpc) is 2.94.